The van der Waals surface area contributed by atoms with Crippen molar-refractivity contribution in [3.05, 3.63) is 70.7 Å². The maximum atomic E-state index is 12.2. The summed E-state index contributed by atoms with van der Waals surface area (Å²) < 4.78 is 0. The number of hydrogen-bond donors (Lipinski definition) is 2. The molecular weight excluding hydrogens is 324 g/mol. The van der Waals surface area contributed by atoms with Crippen molar-refractivity contribution < 1.29 is 9.59 Å². The van der Waals surface area contributed by atoms with Gasteiger partial charge in [0.25, 0.3) is 11.8 Å². The molecule has 0 bridgehead atoms. The van der Waals surface area contributed by atoms with Gasteiger partial charge in [-0.15, -0.1) is 10.2 Å². The standard InChI is InChI=1S/C17H14N4O2S/c1-11-20-21-17(24-11)19-16(23)13-8-5-9-14(10-13)18-15(22)12-6-3-2-4-7-12/h2-10H,1H3,(H,18,22)(H,19,21,23). The Morgan fingerprint density at radius 1 is 0.875 bits per heavy atom. The van der Waals surface area contributed by atoms with Crippen LogP contribution in [0, 0.1) is 6.92 Å². The third kappa shape index (κ3) is 3.82. The Hall–Kier alpha value is -3.06. The van der Waals surface area contributed by atoms with Crippen LogP contribution in [0.5, 0.6) is 0 Å². The fourth-order valence-electron chi connectivity index (χ4n) is 2.05. The molecule has 0 fully saturated rings. The zero-order valence-corrected chi connectivity index (χ0v) is 13.6. The molecule has 120 valence electrons. The molecule has 0 saturated heterocycles. The molecule has 3 rings (SSSR count). The van der Waals surface area contributed by atoms with E-state index < -0.39 is 0 Å². The molecule has 1 heterocycles. The second-order valence-electron chi connectivity index (χ2n) is 4.98. The van der Waals surface area contributed by atoms with Crippen LogP contribution < -0.4 is 10.6 Å². The highest BCUT2D eigenvalue weighted by molar-refractivity contribution is 7.15. The predicted molar refractivity (Wildman–Crippen MR) is 93.4 cm³/mol. The van der Waals surface area contributed by atoms with Gasteiger partial charge in [-0.3, -0.25) is 14.9 Å². The number of amides is 2. The van der Waals surface area contributed by atoms with Crippen molar-refractivity contribution >= 4 is 34.0 Å². The number of hydrogen-bond acceptors (Lipinski definition) is 5. The molecule has 2 aromatic carbocycles. The number of aryl methyl sites for hydroxylation is 1. The number of nitrogens with zero attached hydrogens (tertiary/aromatic N) is 2. The molecule has 3 aromatic rings. The third-order valence-electron chi connectivity index (χ3n) is 3.17. The van der Waals surface area contributed by atoms with Crippen LogP contribution >= 0.6 is 11.3 Å². The summed E-state index contributed by atoms with van der Waals surface area (Å²) in [6.45, 7) is 1.81. The molecule has 1 aromatic heterocycles. The molecular formula is C17H14N4O2S. The predicted octanol–water partition coefficient (Wildman–Crippen LogP) is 3.35. The highest BCUT2D eigenvalue weighted by Gasteiger charge is 2.11. The first-order valence-corrected chi connectivity index (χ1v) is 8.01. The maximum Gasteiger partial charge on any atom is 0.257 e. The highest BCUT2D eigenvalue weighted by atomic mass is 32.1. The Morgan fingerprint density at radius 2 is 1.58 bits per heavy atom. The lowest BCUT2D eigenvalue weighted by atomic mass is 10.1. The van der Waals surface area contributed by atoms with Gasteiger partial charge in [-0.05, 0) is 37.3 Å². The van der Waals surface area contributed by atoms with Crippen molar-refractivity contribution in [1.82, 2.24) is 10.2 Å². The van der Waals surface area contributed by atoms with Crippen molar-refractivity contribution in [2.75, 3.05) is 10.6 Å². The number of aromatic nitrogens is 2. The van der Waals surface area contributed by atoms with Crippen molar-refractivity contribution in [3.8, 4) is 0 Å². The first-order valence-electron chi connectivity index (χ1n) is 7.20. The summed E-state index contributed by atoms with van der Waals surface area (Å²) in [5, 5.41) is 14.4. The summed E-state index contributed by atoms with van der Waals surface area (Å²) in [5.74, 6) is -0.533. The monoisotopic (exact) mass is 338 g/mol. The van der Waals surface area contributed by atoms with Crippen LogP contribution in [-0.2, 0) is 0 Å². The Balaban J connectivity index is 1.72. The van der Waals surface area contributed by atoms with Crippen molar-refractivity contribution in [1.29, 1.82) is 0 Å². The minimum atomic E-state index is -0.304. The average Bonchev–Trinajstić information content (AvgIpc) is 3.00. The van der Waals surface area contributed by atoms with Gasteiger partial charge in [-0.1, -0.05) is 35.6 Å². The summed E-state index contributed by atoms with van der Waals surface area (Å²) in [4.78, 5) is 24.4. The topological polar surface area (TPSA) is 84.0 Å². The van der Waals surface area contributed by atoms with Crippen LogP contribution in [0.2, 0.25) is 0 Å². The molecule has 0 unspecified atom stereocenters. The van der Waals surface area contributed by atoms with Crippen molar-refractivity contribution in [2.45, 2.75) is 6.92 Å². The van der Waals surface area contributed by atoms with E-state index in [0.717, 1.165) is 5.01 Å². The summed E-state index contributed by atoms with van der Waals surface area (Å²) in [6, 6.07) is 15.6. The normalized spacial score (nSPS) is 10.2. The van der Waals surface area contributed by atoms with E-state index in [9.17, 15) is 9.59 Å². The Kier molecular flexibility index (Phi) is 4.62. The van der Waals surface area contributed by atoms with Crippen LogP contribution in [0.25, 0.3) is 0 Å². The van der Waals surface area contributed by atoms with Crippen LogP contribution in [0.1, 0.15) is 25.7 Å². The molecule has 7 heteroatoms. The van der Waals surface area contributed by atoms with Gasteiger partial charge in [0.15, 0.2) is 0 Å². The lowest BCUT2D eigenvalue weighted by molar-refractivity contribution is 0.101. The number of nitrogens with one attached hydrogen (secondary N) is 2. The minimum absolute atomic E-state index is 0.229. The van der Waals surface area contributed by atoms with Crippen LogP contribution in [0.4, 0.5) is 10.8 Å². The van der Waals surface area contributed by atoms with E-state index in [-0.39, 0.29) is 11.8 Å². The van der Waals surface area contributed by atoms with E-state index in [1.54, 1.807) is 48.5 Å². The molecule has 24 heavy (non-hydrogen) atoms. The quantitative estimate of drug-likeness (QED) is 0.764. The first kappa shape index (κ1) is 15.8. The van der Waals surface area contributed by atoms with Gasteiger partial charge in [-0.2, -0.15) is 0 Å². The number of rotatable bonds is 4. The highest BCUT2D eigenvalue weighted by Crippen LogP contribution is 2.17. The second-order valence-corrected chi connectivity index (χ2v) is 6.16. The minimum Gasteiger partial charge on any atom is -0.322 e. The summed E-state index contributed by atoms with van der Waals surface area (Å²) in [5.41, 5.74) is 1.52. The molecule has 2 N–H and O–H groups in total. The van der Waals surface area contributed by atoms with E-state index >= 15 is 0 Å². The third-order valence-corrected chi connectivity index (χ3v) is 3.92. The zero-order chi connectivity index (χ0) is 16.9. The van der Waals surface area contributed by atoms with Gasteiger partial charge >= 0.3 is 0 Å². The van der Waals surface area contributed by atoms with Crippen LogP contribution in [0.3, 0.4) is 0 Å². The molecule has 2 amide bonds. The van der Waals surface area contributed by atoms with E-state index in [4.69, 9.17) is 0 Å². The largest absolute Gasteiger partial charge is 0.322 e. The molecule has 6 nitrogen and oxygen atoms in total. The Bertz CT molecular complexity index is 877. The second kappa shape index (κ2) is 7.01. The first-order chi connectivity index (χ1) is 11.6. The molecule has 0 aliphatic carbocycles. The smallest absolute Gasteiger partial charge is 0.257 e. The molecule has 0 aliphatic rings. The lowest BCUT2D eigenvalue weighted by Crippen LogP contribution is -2.14. The van der Waals surface area contributed by atoms with Gasteiger partial charge in [0, 0.05) is 16.8 Å². The van der Waals surface area contributed by atoms with Crippen LogP contribution in [0.15, 0.2) is 54.6 Å². The Labute approximate surface area is 142 Å². The fraction of sp³-hybridized carbons (Fsp3) is 0.0588. The summed E-state index contributed by atoms with van der Waals surface area (Å²) in [7, 11) is 0. The number of benzene rings is 2. The van der Waals surface area contributed by atoms with Crippen molar-refractivity contribution in [2.24, 2.45) is 0 Å². The van der Waals surface area contributed by atoms with Gasteiger partial charge in [-0.25, -0.2) is 0 Å². The molecule has 0 spiro atoms. The molecule has 0 aliphatic heterocycles. The van der Waals surface area contributed by atoms with Gasteiger partial charge in [0.2, 0.25) is 5.13 Å². The van der Waals surface area contributed by atoms with E-state index in [2.05, 4.69) is 20.8 Å². The molecule has 0 radical (unpaired) electrons. The zero-order valence-electron chi connectivity index (χ0n) is 12.8. The maximum absolute atomic E-state index is 12.2. The van der Waals surface area contributed by atoms with Gasteiger partial charge in [0.1, 0.15) is 5.01 Å². The van der Waals surface area contributed by atoms with Gasteiger partial charge in [0.05, 0.1) is 0 Å². The number of carbonyl (C=O) groups is 2. The SMILES string of the molecule is Cc1nnc(NC(=O)c2cccc(NC(=O)c3ccccc3)c2)s1. The number of anilines is 2. The molecule has 0 saturated carbocycles. The summed E-state index contributed by atoms with van der Waals surface area (Å²) >= 11 is 1.30. The van der Waals surface area contributed by atoms with Crippen LogP contribution in [-0.4, -0.2) is 22.0 Å². The van der Waals surface area contributed by atoms with E-state index in [1.165, 1.54) is 11.3 Å². The van der Waals surface area contributed by atoms with E-state index in [0.29, 0.717) is 21.9 Å². The summed E-state index contributed by atoms with van der Waals surface area (Å²) in [6.07, 6.45) is 0. The van der Waals surface area contributed by atoms with Gasteiger partial charge < -0.3 is 5.32 Å². The lowest BCUT2D eigenvalue weighted by Gasteiger charge is -2.07. The number of carbonyl (C=O) groups excluding carboxylic acids is 2. The van der Waals surface area contributed by atoms with Crippen molar-refractivity contribution in [3.63, 3.8) is 0 Å². The fourth-order valence-corrected chi connectivity index (χ4v) is 2.63. The Morgan fingerprint density at radius 3 is 2.29 bits per heavy atom. The average molecular weight is 338 g/mol. The molecule has 0 atom stereocenters. The van der Waals surface area contributed by atoms with E-state index in [1.807, 2.05) is 13.0 Å².